The Morgan fingerprint density at radius 3 is 2.56 bits per heavy atom. The number of non-ortho nitro benzene ring substituents is 1. The van der Waals surface area contributed by atoms with E-state index < -0.39 is 10.8 Å². The molecular weight excluding hydrogens is 428 g/mol. The molecule has 1 aromatic heterocycles. The minimum absolute atomic E-state index is 0.0448. The first-order valence-corrected chi connectivity index (χ1v) is 10.4. The van der Waals surface area contributed by atoms with Crippen molar-refractivity contribution in [3.63, 3.8) is 0 Å². The van der Waals surface area contributed by atoms with Crippen molar-refractivity contribution in [2.75, 3.05) is 4.90 Å². The summed E-state index contributed by atoms with van der Waals surface area (Å²) in [4.78, 5) is 37.7. The molecule has 0 unspecified atom stereocenters. The highest BCUT2D eigenvalue weighted by molar-refractivity contribution is 8.19. The van der Waals surface area contributed by atoms with Gasteiger partial charge in [0.25, 0.3) is 16.8 Å². The van der Waals surface area contributed by atoms with Gasteiger partial charge in [-0.05, 0) is 35.3 Å². The van der Waals surface area contributed by atoms with Crippen LogP contribution < -0.4 is 4.90 Å². The van der Waals surface area contributed by atoms with E-state index in [4.69, 9.17) is 4.42 Å². The maximum atomic E-state index is 13.1. The second-order valence-corrected chi connectivity index (χ2v) is 8.02. The van der Waals surface area contributed by atoms with Crippen LogP contribution in [0.4, 0.5) is 16.2 Å². The van der Waals surface area contributed by atoms with E-state index in [1.54, 1.807) is 30.3 Å². The van der Waals surface area contributed by atoms with E-state index in [1.807, 2.05) is 36.4 Å². The monoisotopic (exact) mass is 442 g/mol. The molecule has 7 nitrogen and oxygen atoms in total. The number of amides is 2. The number of nitro benzene ring substituents is 1. The highest BCUT2D eigenvalue weighted by Crippen LogP contribution is 2.39. The first-order valence-electron chi connectivity index (χ1n) is 9.62. The SMILES string of the molecule is O=C1S/C(=C\c2ccc(-c3cccc([N+](=O)[O-])c3)o2)C(=O)N1c1cccc2ccccc12. The third-order valence-corrected chi connectivity index (χ3v) is 5.91. The summed E-state index contributed by atoms with van der Waals surface area (Å²) in [7, 11) is 0. The second-order valence-electron chi connectivity index (χ2n) is 7.02. The minimum Gasteiger partial charge on any atom is -0.457 e. The van der Waals surface area contributed by atoms with Crippen molar-refractivity contribution in [2.24, 2.45) is 0 Å². The molecule has 0 bridgehead atoms. The van der Waals surface area contributed by atoms with E-state index in [0.717, 1.165) is 22.5 Å². The normalized spacial score (nSPS) is 15.1. The average Bonchev–Trinajstić information content (AvgIpc) is 3.38. The van der Waals surface area contributed by atoms with Crippen molar-refractivity contribution < 1.29 is 18.9 Å². The van der Waals surface area contributed by atoms with Gasteiger partial charge in [0.1, 0.15) is 11.5 Å². The predicted octanol–water partition coefficient (Wildman–Crippen LogP) is 6.25. The summed E-state index contributed by atoms with van der Waals surface area (Å²) in [6, 6.07) is 22.4. The molecular formula is C24H14N2O5S. The van der Waals surface area contributed by atoms with Crippen molar-refractivity contribution >= 4 is 51.1 Å². The molecule has 2 heterocycles. The zero-order chi connectivity index (χ0) is 22.2. The number of hydrogen-bond acceptors (Lipinski definition) is 6. The number of carbonyl (C=O) groups is 2. The highest BCUT2D eigenvalue weighted by atomic mass is 32.2. The number of thioether (sulfide) groups is 1. The molecule has 2 amide bonds. The van der Waals surface area contributed by atoms with Crippen LogP contribution >= 0.6 is 11.8 Å². The summed E-state index contributed by atoms with van der Waals surface area (Å²) in [6.07, 6.45) is 1.51. The molecule has 8 heteroatoms. The molecule has 4 aromatic rings. The Morgan fingerprint density at radius 2 is 1.72 bits per heavy atom. The lowest BCUT2D eigenvalue weighted by Crippen LogP contribution is -2.27. The lowest BCUT2D eigenvalue weighted by molar-refractivity contribution is -0.384. The van der Waals surface area contributed by atoms with Crippen LogP contribution in [0.5, 0.6) is 0 Å². The fraction of sp³-hybridized carbons (Fsp3) is 0. The van der Waals surface area contributed by atoms with Crippen molar-refractivity contribution in [1.29, 1.82) is 0 Å². The summed E-state index contributed by atoms with van der Waals surface area (Å²) in [5, 5.41) is 12.4. The number of imide groups is 1. The van der Waals surface area contributed by atoms with Gasteiger partial charge < -0.3 is 4.42 Å². The molecule has 3 aromatic carbocycles. The topological polar surface area (TPSA) is 93.7 Å². The number of carbonyl (C=O) groups excluding carboxylic acids is 2. The summed E-state index contributed by atoms with van der Waals surface area (Å²) in [5.41, 5.74) is 1.03. The molecule has 1 saturated heterocycles. The van der Waals surface area contributed by atoms with Gasteiger partial charge >= 0.3 is 0 Å². The second kappa shape index (κ2) is 7.82. The maximum absolute atomic E-state index is 13.1. The van der Waals surface area contributed by atoms with Gasteiger partial charge in [0.15, 0.2) is 0 Å². The molecule has 5 rings (SSSR count). The number of fused-ring (bicyclic) bond motifs is 1. The molecule has 0 saturated carbocycles. The molecule has 1 fully saturated rings. The summed E-state index contributed by atoms with van der Waals surface area (Å²) in [5.74, 6) is 0.368. The maximum Gasteiger partial charge on any atom is 0.298 e. The molecule has 0 atom stereocenters. The van der Waals surface area contributed by atoms with Gasteiger partial charge in [0.2, 0.25) is 0 Å². The number of anilines is 1. The molecule has 0 N–H and O–H groups in total. The lowest BCUT2D eigenvalue weighted by Gasteiger charge is -2.15. The van der Waals surface area contributed by atoms with Gasteiger partial charge in [-0.25, -0.2) is 4.90 Å². The van der Waals surface area contributed by atoms with E-state index in [0.29, 0.717) is 22.8 Å². The van der Waals surface area contributed by atoms with Crippen LogP contribution in [0.3, 0.4) is 0 Å². The summed E-state index contributed by atoms with van der Waals surface area (Å²) in [6.45, 7) is 0. The number of hydrogen-bond donors (Lipinski definition) is 0. The molecule has 1 aliphatic rings. The van der Waals surface area contributed by atoms with E-state index >= 15 is 0 Å². The van der Waals surface area contributed by atoms with E-state index in [9.17, 15) is 19.7 Å². The molecule has 0 radical (unpaired) electrons. The quantitative estimate of drug-likeness (QED) is 0.211. The molecule has 1 aliphatic heterocycles. The predicted molar refractivity (Wildman–Crippen MR) is 123 cm³/mol. The fourth-order valence-corrected chi connectivity index (χ4v) is 4.38. The Hall–Kier alpha value is -4.17. The van der Waals surface area contributed by atoms with Crippen molar-refractivity contribution in [2.45, 2.75) is 0 Å². The smallest absolute Gasteiger partial charge is 0.298 e. The number of benzene rings is 3. The van der Waals surface area contributed by atoms with Crippen LogP contribution in [0.25, 0.3) is 28.2 Å². The van der Waals surface area contributed by atoms with E-state index in [1.165, 1.54) is 23.1 Å². The van der Waals surface area contributed by atoms with Gasteiger partial charge in [-0.15, -0.1) is 0 Å². The molecule has 156 valence electrons. The van der Waals surface area contributed by atoms with Gasteiger partial charge in [0.05, 0.1) is 15.5 Å². The molecule has 0 spiro atoms. The standard InChI is InChI=1S/C24H14N2O5S/c27-23-22(14-18-11-12-21(31-18)16-7-3-8-17(13-16)26(29)30)32-24(28)25(23)20-10-4-6-15-5-1-2-9-19(15)20/h1-14H/b22-14-. The first kappa shape index (κ1) is 19.8. The number of nitro groups is 1. The lowest BCUT2D eigenvalue weighted by atomic mass is 10.1. The van der Waals surface area contributed by atoms with Crippen LogP contribution in [0, 0.1) is 10.1 Å². The number of nitrogens with zero attached hydrogens (tertiary/aromatic N) is 2. The average molecular weight is 442 g/mol. The summed E-state index contributed by atoms with van der Waals surface area (Å²) < 4.78 is 5.77. The Kier molecular flexibility index (Phi) is 4.84. The van der Waals surface area contributed by atoms with Crippen LogP contribution in [0.1, 0.15) is 5.76 Å². The largest absolute Gasteiger partial charge is 0.457 e. The summed E-state index contributed by atoms with van der Waals surface area (Å²) >= 11 is 0.841. The fourth-order valence-electron chi connectivity index (χ4n) is 3.57. The van der Waals surface area contributed by atoms with Crippen LogP contribution in [0.15, 0.2) is 88.2 Å². The highest BCUT2D eigenvalue weighted by Gasteiger charge is 2.37. The third kappa shape index (κ3) is 3.46. The Labute approximate surface area is 186 Å². The zero-order valence-corrected chi connectivity index (χ0v) is 17.2. The zero-order valence-electron chi connectivity index (χ0n) is 16.4. The van der Waals surface area contributed by atoms with Crippen LogP contribution in [-0.2, 0) is 4.79 Å². The Balaban J connectivity index is 1.46. The minimum atomic E-state index is -0.476. The van der Waals surface area contributed by atoms with Crippen molar-refractivity contribution in [3.05, 3.63) is 99.6 Å². The number of furan rings is 1. The van der Waals surface area contributed by atoms with Gasteiger partial charge in [-0.1, -0.05) is 48.5 Å². The van der Waals surface area contributed by atoms with Gasteiger partial charge in [-0.2, -0.15) is 0 Å². The number of rotatable bonds is 4. The van der Waals surface area contributed by atoms with Crippen LogP contribution in [0.2, 0.25) is 0 Å². The van der Waals surface area contributed by atoms with E-state index in [-0.39, 0.29) is 15.8 Å². The van der Waals surface area contributed by atoms with E-state index in [2.05, 4.69) is 0 Å². The third-order valence-electron chi connectivity index (χ3n) is 5.04. The first-order chi connectivity index (χ1) is 15.5. The molecule has 0 aliphatic carbocycles. The Morgan fingerprint density at radius 1 is 0.938 bits per heavy atom. The van der Waals surface area contributed by atoms with Crippen molar-refractivity contribution in [1.82, 2.24) is 0 Å². The van der Waals surface area contributed by atoms with Crippen molar-refractivity contribution in [3.8, 4) is 11.3 Å². The van der Waals surface area contributed by atoms with Gasteiger partial charge in [0, 0.05) is 29.2 Å². The molecule has 32 heavy (non-hydrogen) atoms. The van der Waals surface area contributed by atoms with Crippen LogP contribution in [-0.4, -0.2) is 16.1 Å². The Bertz CT molecular complexity index is 1430. The van der Waals surface area contributed by atoms with Gasteiger partial charge in [-0.3, -0.25) is 19.7 Å².